The van der Waals surface area contributed by atoms with Gasteiger partial charge in [-0.25, -0.2) is 5.48 Å². The van der Waals surface area contributed by atoms with Crippen molar-refractivity contribution in [1.29, 1.82) is 0 Å². The molecule has 0 saturated heterocycles. The van der Waals surface area contributed by atoms with Crippen LogP contribution in [0.3, 0.4) is 0 Å². The Bertz CT molecular complexity index is 352. The second-order valence-electron chi connectivity index (χ2n) is 2.28. The molecule has 76 valence electrons. The molecule has 1 aromatic heterocycles. The van der Waals surface area contributed by atoms with Gasteiger partial charge in [0.15, 0.2) is 6.61 Å². The largest absolute Gasteiger partial charge is 0.368 e. The van der Waals surface area contributed by atoms with Crippen LogP contribution in [-0.2, 0) is 9.63 Å². The predicted octanol–water partition coefficient (Wildman–Crippen LogP) is 0.657. The van der Waals surface area contributed by atoms with E-state index in [4.69, 9.17) is 5.73 Å². The highest BCUT2D eigenvalue weighted by molar-refractivity contribution is 9.10. The monoisotopic (exact) mass is 278 g/mol. The minimum atomic E-state index is -0.643. The van der Waals surface area contributed by atoms with E-state index >= 15 is 0 Å². The standard InChI is InChI=1S/C7H7BrN2O3S/c8-4-1-2-14-6(4)7(12)10-13-3-5(9)11/h1-2H,3H2,(H2,9,11)(H,10,12). The highest BCUT2D eigenvalue weighted by Crippen LogP contribution is 2.22. The van der Waals surface area contributed by atoms with Gasteiger partial charge in [-0.05, 0) is 27.4 Å². The molecule has 7 heteroatoms. The van der Waals surface area contributed by atoms with Gasteiger partial charge in [0.25, 0.3) is 5.91 Å². The first kappa shape index (κ1) is 11.2. The SMILES string of the molecule is NC(=O)CONC(=O)c1sccc1Br. The van der Waals surface area contributed by atoms with Crippen molar-refractivity contribution >= 4 is 39.1 Å². The molecule has 0 bridgehead atoms. The number of thiophene rings is 1. The van der Waals surface area contributed by atoms with Gasteiger partial charge >= 0.3 is 0 Å². The van der Waals surface area contributed by atoms with Gasteiger partial charge in [-0.1, -0.05) is 0 Å². The zero-order valence-corrected chi connectivity index (χ0v) is 9.35. The Hall–Kier alpha value is -0.920. The van der Waals surface area contributed by atoms with Crippen molar-refractivity contribution in [2.24, 2.45) is 5.73 Å². The van der Waals surface area contributed by atoms with Gasteiger partial charge in [-0.3, -0.25) is 14.4 Å². The van der Waals surface area contributed by atoms with Crippen molar-refractivity contribution in [2.75, 3.05) is 6.61 Å². The molecule has 0 atom stereocenters. The fourth-order valence-corrected chi connectivity index (χ4v) is 2.11. The van der Waals surface area contributed by atoms with Crippen LogP contribution in [0.1, 0.15) is 9.67 Å². The molecular formula is C7H7BrN2O3S. The fourth-order valence-electron chi connectivity index (χ4n) is 0.675. The molecule has 0 aliphatic heterocycles. The number of nitrogens with two attached hydrogens (primary N) is 1. The molecule has 3 N–H and O–H groups in total. The van der Waals surface area contributed by atoms with Crippen molar-refractivity contribution < 1.29 is 14.4 Å². The maximum atomic E-state index is 11.3. The predicted molar refractivity (Wildman–Crippen MR) is 54.6 cm³/mol. The number of nitrogens with one attached hydrogen (secondary N) is 1. The third-order valence-electron chi connectivity index (χ3n) is 1.20. The van der Waals surface area contributed by atoms with Crippen LogP contribution in [0.2, 0.25) is 0 Å². The Morgan fingerprint density at radius 1 is 1.64 bits per heavy atom. The van der Waals surface area contributed by atoms with Gasteiger partial charge in [-0.2, -0.15) is 0 Å². The third-order valence-corrected chi connectivity index (χ3v) is 3.04. The lowest BCUT2D eigenvalue weighted by Gasteiger charge is -2.02. The number of halogens is 1. The normalized spacial score (nSPS) is 9.79. The lowest BCUT2D eigenvalue weighted by atomic mass is 10.4. The number of rotatable bonds is 4. The zero-order chi connectivity index (χ0) is 10.6. The Morgan fingerprint density at radius 3 is 2.86 bits per heavy atom. The van der Waals surface area contributed by atoms with Crippen molar-refractivity contribution in [1.82, 2.24) is 5.48 Å². The van der Waals surface area contributed by atoms with Crippen LogP contribution in [0.5, 0.6) is 0 Å². The second-order valence-corrected chi connectivity index (χ2v) is 4.05. The number of carbonyl (C=O) groups excluding carboxylic acids is 2. The second kappa shape index (κ2) is 5.08. The van der Waals surface area contributed by atoms with Crippen LogP contribution >= 0.6 is 27.3 Å². The lowest BCUT2D eigenvalue weighted by Crippen LogP contribution is -2.29. The van der Waals surface area contributed by atoms with Crippen LogP contribution in [0.4, 0.5) is 0 Å². The van der Waals surface area contributed by atoms with Gasteiger partial charge in [0.05, 0.1) is 0 Å². The van der Waals surface area contributed by atoms with E-state index in [-0.39, 0.29) is 6.61 Å². The maximum absolute atomic E-state index is 11.3. The van der Waals surface area contributed by atoms with Crippen molar-refractivity contribution in [3.05, 3.63) is 20.8 Å². The van der Waals surface area contributed by atoms with Crippen LogP contribution in [0, 0.1) is 0 Å². The maximum Gasteiger partial charge on any atom is 0.286 e. The summed E-state index contributed by atoms with van der Waals surface area (Å²) in [6.07, 6.45) is 0. The summed E-state index contributed by atoms with van der Waals surface area (Å²) in [5.41, 5.74) is 6.90. The minimum Gasteiger partial charge on any atom is -0.368 e. The lowest BCUT2D eigenvalue weighted by molar-refractivity contribution is -0.124. The number of hydrogen-bond donors (Lipinski definition) is 2. The van der Waals surface area contributed by atoms with Gasteiger partial charge in [0.1, 0.15) is 4.88 Å². The zero-order valence-electron chi connectivity index (χ0n) is 6.95. The molecule has 1 rings (SSSR count). The molecule has 0 fully saturated rings. The first-order valence-corrected chi connectivity index (χ1v) is 5.22. The average Bonchev–Trinajstić information content (AvgIpc) is 2.50. The summed E-state index contributed by atoms with van der Waals surface area (Å²) in [6, 6.07) is 1.74. The van der Waals surface area contributed by atoms with E-state index in [0.29, 0.717) is 9.35 Å². The van der Waals surface area contributed by atoms with Crippen LogP contribution in [-0.4, -0.2) is 18.4 Å². The summed E-state index contributed by atoms with van der Waals surface area (Å²) in [4.78, 5) is 26.6. The molecule has 0 aliphatic carbocycles. The Balaban J connectivity index is 2.44. The van der Waals surface area contributed by atoms with Crippen LogP contribution in [0.15, 0.2) is 15.9 Å². The third kappa shape index (κ3) is 3.09. The molecule has 0 unspecified atom stereocenters. The van der Waals surface area contributed by atoms with E-state index in [2.05, 4.69) is 26.2 Å². The molecule has 0 spiro atoms. The summed E-state index contributed by atoms with van der Waals surface area (Å²) in [6.45, 7) is -0.339. The number of hydroxylamine groups is 1. The van der Waals surface area contributed by atoms with E-state index in [0.717, 1.165) is 0 Å². The minimum absolute atomic E-state index is 0.339. The fraction of sp³-hybridized carbons (Fsp3) is 0.143. The quantitative estimate of drug-likeness (QED) is 0.794. The van der Waals surface area contributed by atoms with E-state index in [1.807, 2.05) is 0 Å². The van der Waals surface area contributed by atoms with Crippen molar-refractivity contribution in [2.45, 2.75) is 0 Å². The molecule has 1 heterocycles. The van der Waals surface area contributed by atoms with E-state index in [9.17, 15) is 9.59 Å². The van der Waals surface area contributed by atoms with E-state index in [1.54, 1.807) is 11.4 Å². The molecule has 5 nitrogen and oxygen atoms in total. The molecule has 14 heavy (non-hydrogen) atoms. The van der Waals surface area contributed by atoms with Crippen molar-refractivity contribution in [3.63, 3.8) is 0 Å². The molecule has 2 amide bonds. The number of amides is 2. The summed E-state index contributed by atoms with van der Waals surface area (Å²) >= 11 is 4.45. The number of carbonyl (C=O) groups is 2. The topological polar surface area (TPSA) is 81.4 Å². The highest BCUT2D eigenvalue weighted by atomic mass is 79.9. The average molecular weight is 279 g/mol. The smallest absolute Gasteiger partial charge is 0.286 e. The molecule has 0 aromatic carbocycles. The first-order chi connectivity index (χ1) is 6.61. The molecular weight excluding hydrogens is 272 g/mol. The van der Waals surface area contributed by atoms with Crippen LogP contribution < -0.4 is 11.2 Å². The van der Waals surface area contributed by atoms with Gasteiger partial charge in [0, 0.05) is 4.47 Å². The molecule has 0 aliphatic rings. The van der Waals surface area contributed by atoms with E-state index in [1.165, 1.54) is 11.3 Å². The van der Waals surface area contributed by atoms with Crippen LogP contribution in [0.25, 0.3) is 0 Å². The summed E-state index contributed by atoms with van der Waals surface area (Å²) in [5.74, 6) is -1.05. The molecule has 0 saturated carbocycles. The summed E-state index contributed by atoms with van der Waals surface area (Å²) in [5, 5.41) is 1.76. The number of hydrogen-bond acceptors (Lipinski definition) is 4. The first-order valence-electron chi connectivity index (χ1n) is 3.54. The summed E-state index contributed by atoms with van der Waals surface area (Å²) < 4.78 is 0.683. The van der Waals surface area contributed by atoms with Crippen molar-refractivity contribution in [3.8, 4) is 0 Å². The highest BCUT2D eigenvalue weighted by Gasteiger charge is 2.11. The Labute approximate surface area is 92.3 Å². The van der Waals surface area contributed by atoms with E-state index < -0.39 is 11.8 Å². The molecule has 1 aromatic rings. The number of primary amides is 1. The molecule has 0 radical (unpaired) electrons. The van der Waals surface area contributed by atoms with Gasteiger partial charge < -0.3 is 5.73 Å². The Kier molecular flexibility index (Phi) is 4.05. The van der Waals surface area contributed by atoms with Gasteiger partial charge in [0.2, 0.25) is 5.91 Å². The van der Waals surface area contributed by atoms with Gasteiger partial charge in [-0.15, -0.1) is 11.3 Å². The Morgan fingerprint density at radius 2 is 2.36 bits per heavy atom. The summed E-state index contributed by atoms with van der Waals surface area (Å²) in [7, 11) is 0.